The van der Waals surface area contributed by atoms with Crippen LogP contribution >= 0.6 is 11.3 Å². The molecule has 2 aromatic carbocycles. The number of nitrogens with zero attached hydrogens (tertiary/aromatic N) is 1. The number of fused-ring (bicyclic) bond motifs is 1. The number of anilines is 1. The molecule has 0 aliphatic carbocycles. The van der Waals surface area contributed by atoms with Crippen LogP contribution in [0.2, 0.25) is 0 Å². The number of para-hydroxylation sites is 1. The third kappa shape index (κ3) is 3.29. The highest BCUT2D eigenvalue weighted by molar-refractivity contribution is 7.22. The van der Waals surface area contributed by atoms with Crippen molar-refractivity contribution < 1.29 is 19.0 Å². The molecule has 3 rings (SSSR count). The van der Waals surface area contributed by atoms with Crippen molar-refractivity contribution in [3.8, 4) is 17.2 Å². The van der Waals surface area contributed by atoms with Gasteiger partial charge in [-0.1, -0.05) is 23.5 Å². The second-order valence-electron chi connectivity index (χ2n) is 4.95. The Morgan fingerprint density at radius 3 is 2.36 bits per heavy atom. The number of benzene rings is 2. The van der Waals surface area contributed by atoms with Crippen LogP contribution in [-0.4, -0.2) is 32.2 Å². The summed E-state index contributed by atoms with van der Waals surface area (Å²) >= 11 is 1.35. The van der Waals surface area contributed by atoms with E-state index in [1.54, 1.807) is 44.6 Å². The Bertz CT molecular complexity index is 869. The van der Waals surface area contributed by atoms with Crippen LogP contribution in [-0.2, 0) is 0 Å². The lowest BCUT2D eigenvalue weighted by Crippen LogP contribution is -2.29. The van der Waals surface area contributed by atoms with Gasteiger partial charge in [0.05, 0.1) is 26.9 Å². The monoisotopic (exact) mass is 359 g/mol. The first-order valence-electron chi connectivity index (χ1n) is 7.38. The zero-order chi connectivity index (χ0) is 17.8. The van der Waals surface area contributed by atoms with Crippen molar-refractivity contribution in [1.82, 2.24) is 10.4 Å². The summed E-state index contributed by atoms with van der Waals surface area (Å²) in [5.74, 6) is 1.50. The molecular weight excluding hydrogens is 342 g/mol. The molecule has 0 spiro atoms. The predicted molar refractivity (Wildman–Crippen MR) is 96.8 cm³/mol. The molecule has 1 heterocycles. The van der Waals surface area contributed by atoms with Gasteiger partial charge in [-0.25, -0.2) is 4.98 Å². The third-order valence-electron chi connectivity index (χ3n) is 3.54. The molecule has 0 aliphatic heterocycles. The summed E-state index contributed by atoms with van der Waals surface area (Å²) in [6, 6.07) is 10.6. The highest BCUT2D eigenvalue weighted by Gasteiger charge is 2.15. The van der Waals surface area contributed by atoms with Crippen LogP contribution in [0.15, 0.2) is 36.4 Å². The summed E-state index contributed by atoms with van der Waals surface area (Å²) in [5, 5.41) is 0.515. The lowest BCUT2D eigenvalue weighted by molar-refractivity contribution is 0.0959. The summed E-state index contributed by atoms with van der Waals surface area (Å²) in [4.78, 5) is 16.8. The van der Waals surface area contributed by atoms with Crippen molar-refractivity contribution in [2.45, 2.75) is 0 Å². The highest BCUT2D eigenvalue weighted by atomic mass is 32.1. The average Bonchev–Trinajstić information content (AvgIpc) is 3.09. The number of hydrazine groups is 1. The first kappa shape index (κ1) is 16.8. The van der Waals surface area contributed by atoms with Crippen molar-refractivity contribution in [3.05, 3.63) is 42.0 Å². The van der Waals surface area contributed by atoms with Crippen LogP contribution in [0.3, 0.4) is 0 Å². The lowest BCUT2D eigenvalue weighted by atomic mass is 10.2. The minimum absolute atomic E-state index is 0.323. The maximum atomic E-state index is 12.3. The van der Waals surface area contributed by atoms with Crippen LogP contribution in [0.4, 0.5) is 5.13 Å². The fraction of sp³-hybridized carbons (Fsp3) is 0.176. The Morgan fingerprint density at radius 1 is 0.960 bits per heavy atom. The second-order valence-corrected chi connectivity index (χ2v) is 5.95. The Balaban J connectivity index is 1.83. The van der Waals surface area contributed by atoms with Crippen molar-refractivity contribution >= 4 is 32.6 Å². The Morgan fingerprint density at radius 2 is 1.64 bits per heavy atom. The number of rotatable bonds is 6. The first-order chi connectivity index (χ1) is 12.2. The number of hydrogen-bond acceptors (Lipinski definition) is 7. The van der Waals surface area contributed by atoms with Crippen molar-refractivity contribution in [2.75, 3.05) is 26.8 Å². The molecule has 0 saturated carbocycles. The van der Waals surface area contributed by atoms with Gasteiger partial charge in [0.1, 0.15) is 27.5 Å². The predicted octanol–water partition coefficient (Wildman–Crippen LogP) is 3.08. The first-order valence-corrected chi connectivity index (χ1v) is 8.20. The zero-order valence-corrected chi connectivity index (χ0v) is 14.8. The summed E-state index contributed by atoms with van der Waals surface area (Å²) in [6.45, 7) is 0. The van der Waals surface area contributed by atoms with Gasteiger partial charge < -0.3 is 14.2 Å². The smallest absolute Gasteiger partial charge is 0.273 e. The Hall–Kier alpha value is -3.00. The second kappa shape index (κ2) is 7.27. The topological polar surface area (TPSA) is 81.7 Å². The van der Waals surface area contributed by atoms with Gasteiger partial charge in [-0.3, -0.25) is 15.6 Å². The number of hydrogen-bond donors (Lipinski definition) is 2. The molecular formula is C17H17N3O4S. The lowest BCUT2D eigenvalue weighted by Gasteiger charge is -2.09. The van der Waals surface area contributed by atoms with Crippen LogP contribution < -0.4 is 25.1 Å². The fourth-order valence-electron chi connectivity index (χ4n) is 2.35. The minimum Gasteiger partial charge on any atom is -0.496 e. The highest BCUT2D eigenvalue weighted by Crippen LogP contribution is 2.38. The van der Waals surface area contributed by atoms with E-state index in [9.17, 15) is 4.79 Å². The van der Waals surface area contributed by atoms with Crippen LogP contribution in [0, 0.1) is 0 Å². The zero-order valence-electron chi connectivity index (χ0n) is 14.0. The van der Waals surface area contributed by atoms with E-state index in [2.05, 4.69) is 15.8 Å². The van der Waals surface area contributed by atoms with E-state index in [1.807, 2.05) is 6.07 Å². The number of carbonyl (C=O) groups is 1. The number of methoxy groups -OCH3 is 3. The van der Waals surface area contributed by atoms with Crippen molar-refractivity contribution in [1.29, 1.82) is 0 Å². The van der Waals surface area contributed by atoms with Crippen molar-refractivity contribution in [3.63, 3.8) is 0 Å². The van der Waals surface area contributed by atoms with Gasteiger partial charge in [-0.05, 0) is 24.3 Å². The molecule has 0 aliphatic rings. The molecule has 7 nitrogen and oxygen atoms in total. The summed E-state index contributed by atoms with van der Waals surface area (Å²) in [5.41, 5.74) is 6.54. The van der Waals surface area contributed by atoms with Gasteiger partial charge in [0.2, 0.25) is 5.13 Å². The molecule has 2 N–H and O–H groups in total. The van der Waals surface area contributed by atoms with Crippen molar-refractivity contribution in [2.24, 2.45) is 0 Å². The molecule has 8 heteroatoms. The van der Waals surface area contributed by atoms with Gasteiger partial charge in [-0.15, -0.1) is 0 Å². The van der Waals surface area contributed by atoms with E-state index in [-0.39, 0.29) is 5.91 Å². The van der Waals surface area contributed by atoms with Gasteiger partial charge in [0.25, 0.3) is 5.91 Å². The Kier molecular flexibility index (Phi) is 4.90. The van der Waals surface area contributed by atoms with Gasteiger partial charge in [-0.2, -0.15) is 0 Å². The molecule has 0 bridgehead atoms. The van der Waals surface area contributed by atoms with Crippen LogP contribution in [0.1, 0.15) is 10.4 Å². The normalized spacial score (nSPS) is 10.4. The van der Waals surface area contributed by atoms with E-state index < -0.39 is 0 Å². The molecule has 0 saturated heterocycles. The molecule has 0 atom stereocenters. The number of ether oxygens (including phenoxy) is 3. The molecule has 0 unspecified atom stereocenters. The number of thiazole rings is 1. The minimum atomic E-state index is -0.323. The Labute approximate surface area is 148 Å². The summed E-state index contributed by atoms with van der Waals surface area (Å²) in [7, 11) is 4.69. The van der Waals surface area contributed by atoms with Crippen LogP contribution in [0.25, 0.3) is 10.2 Å². The van der Waals surface area contributed by atoms with E-state index in [4.69, 9.17) is 14.2 Å². The average molecular weight is 359 g/mol. The quantitative estimate of drug-likeness (QED) is 0.658. The third-order valence-corrected chi connectivity index (χ3v) is 4.53. The van der Waals surface area contributed by atoms with Gasteiger partial charge in [0, 0.05) is 0 Å². The number of carbonyl (C=O) groups excluding carboxylic acids is 1. The van der Waals surface area contributed by atoms with Gasteiger partial charge in [0.15, 0.2) is 0 Å². The number of nitrogens with one attached hydrogen (secondary N) is 2. The molecule has 1 aromatic heterocycles. The number of amides is 1. The summed E-state index contributed by atoms with van der Waals surface area (Å²) in [6.07, 6.45) is 0. The number of aromatic nitrogens is 1. The molecule has 25 heavy (non-hydrogen) atoms. The van der Waals surface area contributed by atoms with E-state index in [0.29, 0.717) is 33.5 Å². The molecule has 3 aromatic rings. The molecule has 130 valence electrons. The molecule has 0 radical (unpaired) electrons. The summed E-state index contributed by atoms with van der Waals surface area (Å²) < 4.78 is 16.7. The maximum absolute atomic E-state index is 12.3. The van der Waals surface area contributed by atoms with E-state index in [1.165, 1.54) is 18.4 Å². The van der Waals surface area contributed by atoms with E-state index in [0.717, 1.165) is 4.70 Å². The largest absolute Gasteiger partial charge is 0.496 e. The SMILES string of the molecule is COc1ccccc1C(=O)NNc1nc2c(OC)ccc(OC)c2s1. The van der Waals surface area contributed by atoms with E-state index >= 15 is 0 Å². The molecule has 0 fully saturated rings. The standard InChI is InChI=1S/C17H17N3O4S/c1-22-11-7-5-4-6-10(11)16(21)19-20-17-18-14-12(23-2)8-9-13(24-3)15(14)25-17/h4-9H,1-3H3,(H,18,20)(H,19,21). The van der Waals surface area contributed by atoms with Crippen LogP contribution in [0.5, 0.6) is 17.2 Å². The maximum Gasteiger partial charge on any atom is 0.273 e. The molecule has 1 amide bonds. The fourth-order valence-corrected chi connectivity index (χ4v) is 3.28. The van der Waals surface area contributed by atoms with Gasteiger partial charge >= 0.3 is 0 Å².